The summed E-state index contributed by atoms with van der Waals surface area (Å²) in [7, 11) is 0. The molecule has 0 saturated heterocycles. The summed E-state index contributed by atoms with van der Waals surface area (Å²) >= 11 is 0. The first-order chi connectivity index (χ1) is 9.24. The molecule has 20 heavy (non-hydrogen) atoms. The fourth-order valence-electron chi connectivity index (χ4n) is 1.24. The molecule has 0 aliphatic rings. The normalized spacial score (nSPS) is 13.4. The molecule has 1 atom stereocenters. The Labute approximate surface area is 118 Å². The Bertz CT molecular complexity index is 590. The SMILES string of the molecule is C[C@H](N=C(NC#N)Nc1ccc(=N)n(O)c1)C(C)(C)C. The molecule has 0 spiro atoms. The van der Waals surface area contributed by atoms with Crippen LogP contribution in [0.5, 0.6) is 0 Å². The van der Waals surface area contributed by atoms with Gasteiger partial charge in [-0.2, -0.15) is 9.99 Å². The number of rotatable bonds is 2. The summed E-state index contributed by atoms with van der Waals surface area (Å²) in [5, 5.41) is 30.9. The topological polar surface area (TPSA) is 109 Å². The summed E-state index contributed by atoms with van der Waals surface area (Å²) in [6, 6.07) is 3.03. The highest BCUT2D eigenvalue weighted by molar-refractivity contribution is 5.94. The number of anilines is 1. The molecule has 0 amide bonds. The van der Waals surface area contributed by atoms with E-state index in [1.165, 1.54) is 12.3 Å². The lowest BCUT2D eigenvalue weighted by atomic mass is 9.88. The maximum Gasteiger partial charge on any atom is 0.209 e. The van der Waals surface area contributed by atoms with Crippen LogP contribution in [0.2, 0.25) is 0 Å². The van der Waals surface area contributed by atoms with E-state index in [2.05, 4.69) is 36.4 Å². The lowest BCUT2D eigenvalue weighted by Gasteiger charge is -2.24. The molecule has 1 rings (SSSR count). The quantitative estimate of drug-likeness (QED) is 0.216. The lowest BCUT2D eigenvalue weighted by Crippen LogP contribution is -2.32. The molecular weight excluding hydrogens is 256 g/mol. The molecule has 7 nitrogen and oxygen atoms in total. The van der Waals surface area contributed by atoms with E-state index in [9.17, 15) is 5.21 Å². The van der Waals surface area contributed by atoms with Gasteiger partial charge in [-0.25, -0.2) is 4.99 Å². The van der Waals surface area contributed by atoms with Crippen molar-refractivity contribution in [3.63, 3.8) is 0 Å². The number of pyridine rings is 1. The Morgan fingerprint density at radius 1 is 1.50 bits per heavy atom. The molecule has 1 heterocycles. The van der Waals surface area contributed by atoms with Crippen molar-refractivity contribution in [2.45, 2.75) is 33.7 Å². The minimum Gasteiger partial charge on any atom is -0.427 e. The van der Waals surface area contributed by atoms with Gasteiger partial charge >= 0.3 is 0 Å². The molecule has 0 saturated carbocycles. The summed E-state index contributed by atoms with van der Waals surface area (Å²) in [4.78, 5) is 4.42. The largest absolute Gasteiger partial charge is 0.427 e. The first-order valence-electron chi connectivity index (χ1n) is 6.20. The second-order valence-corrected chi connectivity index (χ2v) is 5.53. The Morgan fingerprint density at radius 3 is 2.65 bits per heavy atom. The summed E-state index contributed by atoms with van der Waals surface area (Å²) < 4.78 is 0.680. The van der Waals surface area contributed by atoms with Gasteiger partial charge in [-0.1, -0.05) is 20.8 Å². The Hall–Kier alpha value is -2.49. The van der Waals surface area contributed by atoms with Crippen molar-refractivity contribution >= 4 is 11.6 Å². The lowest BCUT2D eigenvalue weighted by molar-refractivity contribution is 0.171. The number of nitrogens with zero attached hydrogens (tertiary/aromatic N) is 3. The van der Waals surface area contributed by atoms with E-state index in [0.29, 0.717) is 16.4 Å². The number of aliphatic imine (C=N–C) groups is 1. The van der Waals surface area contributed by atoms with Crippen molar-refractivity contribution in [1.82, 2.24) is 10.0 Å². The molecule has 0 aromatic carbocycles. The molecule has 7 heteroatoms. The van der Waals surface area contributed by atoms with E-state index in [-0.39, 0.29) is 16.9 Å². The van der Waals surface area contributed by atoms with Gasteiger partial charge in [0, 0.05) is 0 Å². The number of guanidine groups is 1. The van der Waals surface area contributed by atoms with Gasteiger partial charge in [0.05, 0.1) is 17.9 Å². The van der Waals surface area contributed by atoms with Crippen LogP contribution in [0.25, 0.3) is 0 Å². The van der Waals surface area contributed by atoms with Crippen LogP contribution in [0.4, 0.5) is 5.69 Å². The molecule has 108 valence electrons. The maximum absolute atomic E-state index is 9.42. The summed E-state index contributed by atoms with van der Waals surface area (Å²) in [6.45, 7) is 8.13. The second-order valence-electron chi connectivity index (χ2n) is 5.53. The fourth-order valence-corrected chi connectivity index (χ4v) is 1.24. The summed E-state index contributed by atoms with van der Waals surface area (Å²) in [5.74, 6) is 0.299. The van der Waals surface area contributed by atoms with Gasteiger partial charge < -0.3 is 10.5 Å². The first-order valence-corrected chi connectivity index (χ1v) is 6.20. The van der Waals surface area contributed by atoms with Crippen molar-refractivity contribution in [2.75, 3.05) is 5.32 Å². The van der Waals surface area contributed by atoms with Crippen molar-refractivity contribution in [2.24, 2.45) is 10.4 Å². The van der Waals surface area contributed by atoms with Crippen LogP contribution in [-0.4, -0.2) is 21.9 Å². The number of aromatic nitrogens is 1. The van der Waals surface area contributed by atoms with E-state index in [4.69, 9.17) is 10.7 Å². The van der Waals surface area contributed by atoms with Gasteiger partial charge in [-0.3, -0.25) is 10.7 Å². The average Bonchev–Trinajstić information content (AvgIpc) is 2.33. The fraction of sp³-hybridized carbons (Fsp3) is 0.462. The molecular formula is C13H20N6O. The number of nitriles is 1. The molecule has 0 fully saturated rings. The minimum atomic E-state index is -0.0367. The standard InChI is InChI=1S/C13H20N6O/c1-9(13(2,3)4)17-12(16-8-14)18-10-5-6-11(15)19(20)7-10/h5-7,9,15,20H,1-4H3,(H2,16,17,18)/t9-/m0/s1. The molecule has 0 unspecified atom stereocenters. The molecule has 0 aliphatic carbocycles. The predicted octanol–water partition coefficient (Wildman–Crippen LogP) is 1.48. The van der Waals surface area contributed by atoms with Gasteiger partial charge in [0.15, 0.2) is 11.7 Å². The number of nitrogens with one attached hydrogen (secondary N) is 3. The van der Waals surface area contributed by atoms with Gasteiger partial charge in [-0.15, -0.1) is 0 Å². The second kappa shape index (κ2) is 6.10. The Balaban J connectivity index is 2.98. The third-order valence-electron chi connectivity index (χ3n) is 2.94. The van der Waals surface area contributed by atoms with Gasteiger partial charge in [0.1, 0.15) is 0 Å². The van der Waals surface area contributed by atoms with Crippen LogP contribution in [-0.2, 0) is 0 Å². The van der Waals surface area contributed by atoms with Crippen LogP contribution in [0.3, 0.4) is 0 Å². The molecule has 1 aromatic heterocycles. The Morgan fingerprint density at radius 2 is 2.15 bits per heavy atom. The third kappa shape index (κ3) is 4.31. The summed E-state index contributed by atoms with van der Waals surface area (Å²) in [6.07, 6.45) is 3.15. The van der Waals surface area contributed by atoms with Crippen molar-refractivity contribution < 1.29 is 5.21 Å². The van der Waals surface area contributed by atoms with E-state index >= 15 is 0 Å². The van der Waals surface area contributed by atoms with Crippen molar-refractivity contribution in [3.05, 3.63) is 23.8 Å². The maximum atomic E-state index is 9.42. The summed E-state index contributed by atoms with van der Waals surface area (Å²) in [5.41, 5.74) is 0.447. The molecule has 1 aromatic rings. The molecule has 0 aliphatic heterocycles. The zero-order chi connectivity index (χ0) is 15.3. The van der Waals surface area contributed by atoms with Gasteiger partial charge in [0.2, 0.25) is 5.96 Å². The predicted molar refractivity (Wildman–Crippen MR) is 76.2 cm³/mol. The zero-order valence-electron chi connectivity index (χ0n) is 12.1. The third-order valence-corrected chi connectivity index (χ3v) is 2.94. The molecule has 0 bridgehead atoms. The van der Waals surface area contributed by atoms with Crippen LogP contribution in [0.15, 0.2) is 23.3 Å². The number of hydrogen-bond acceptors (Lipinski definition) is 4. The van der Waals surface area contributed by atoms with Gasteiger partial charge in [0.25, 0.3) is 0 Å². The first kappa shape index (κ1) is 15.6. The van der Waals surface area contributed by atoms with E-state index in [0.717, 1.165) is 0 Å². The van der Waals surface area contributed by atoms with E-state index < -0.39 is 0 Å². The Kier molecular flexibility index (Phi) is 4.75. The van der Waals surface area contributed by atoms with E-state index in [1.54, 1.807) is 6.07 Å². The van der Waals surface area contributed by atoms with Crippen LogP contribution < -0.4 is 16.1 Å². The highest BCUT2D eigenvalue weighted by Gasteiger charge is 2.20. The molecule has 0 radical (unpaired) electrons. The average molecular weight is 276 g/mol. The smallest absolute Gasteiger partial charge is 0.209 e. The zero-order valence-corrected chi connectivity index (χ0v) is 12.1. The number of hydrogen-bond donors (Lipinski definition) is 4. The van der Waals surface area contributed by atoms with Gasteiger partial charge in [-0.05, 0) is 24.5 Å². The minimum absolute atomic E-state index is 0.0115. The highest BCUT2D eigenvalue weighted by atomic mass is 16.5. The van der Waals surface area contributed by atoms with Crippen LogP contribution >= 0.6 is 0 Å². The van der Waals surface area contributed by atoms with Crippen LogP contribution in [0.1, 0.15) is 27.7 Å². The van der Waals surface area contributed by atoms with Crippen molar-refractivity contribution in [1.29, 1.82) is 10.7 Å². The monoisotopic (exact) mass is 276 g/mol. The van der Waals surface area contributed by atoms with E-state index in [1.807, 2.05) is 13.1 Å². The highest BCUT2D eigenvalue weighted by Crippen LogP contribution is 2.21. The van der Waals surface area contributed by atoms with Crippen LogP contribution in [0, 0.1) is 22.3 Å². The van der Waals surface area contributed by atoms with Crippen molar-refractivity contribution in [3.8, 4) is 6.19 Å². The molecule has 4 N–H and O–H groups in total.